The normalized spacial score (nSPS) is 17.3. The van der Waals surface area contributed by atoms with Gasteiger partial charge in [-0.05, 0) is 56.1 Å². The molecule has 1 aliphatic heterocycles. The smallest absolute Gasteiger partial charge is 0.160 e. The van der Waals surface area contributed by atoms with E-state index in [9.17, 15) is 0 Å². The standard InChI is InChI=1S/C18H23NO2S.ClH/c1-12-9-14-7-8-19(2)15(18(14)22-12)10-13-5-6-16(20-3)17(11-13)21-4;/h5-6,9,11,15H,7-8,10H2,1-4H3;1H. The molecule has 23 heavy (non-hydrogen) atoms. The lowest BCUT2D eigenvalue weighted by molar-refractivity contribution is 0.233. The molecule has 0 radical (unpaired) electrons. The Bertz CT molecular complexity index is 671. The van der Waals surface area contributed by atoms with E-state index in [0.29, 0.717) is 6.04 Å². The summed E-state index contributed by atoms with van der Waals surface area (Å²) < 4.78 is 10.8. The molecule has 1 aliphatic rings. The van der Waals surface area contributed by atoms with Gasteiger partial charge in [0.1, 0.15) is 0 Å². The van der Waals surface area contributed by atoms with Crippen molar-refractivity contribution in [2.75, 3.05) is 27.8 Å². The second kappa shape index (κ2) is 7.56. The molecule has 0 N–H and O–H groups in total. The van der Waals surface area contributed by atoms with E-state index in [2.05, 4.69) is 37.1 Å². The summed E-state index contributed by atoms with van der Waals surface area (Å²) in [5.41, 5.74) is 2.82. The number of benzene rings is 1. The Morgan fingerprint density at radius 3 is 2.61 bits per heavy atom. The van der Waals surface area contributed by atoms with Gasteiger partial charge in [0, 0.05) is 22.3 Å². The maximum absolute atomic E-state index is 5.43. The van der Waals surface area contributed by atoms with Crippen LogP contribution >= 0.6 is 23.7 Å². The van der Waals surface area contributed by atoms with E-state index < -0.39 is 0 Å². The van der Waals surface area contributed by atoms with Crippen molar-refractivity contribution in [3.8, 4) is 11.5 Å². The summed E-state index contributed by atoms with van der Waals surface area (Å²) in [4.78, 5) is 5.41. The number of likely N-dealkylation sites (N-methyl/N-ethyl adjacent to an activating group) is 1. The largest absolute Gasteiger partial charge is 0.493 e. The van der Waals surface area contributed by atoms with Crippen molar-refractivity contribution >= 4 is 23.7 Å². The summed E-state index contributed by atoms with van der Waals surface area (Å²) in [7, 11) is 5.59. The molecular weight excluding hydrogens is 330 g/mol. The molecule has 1 unspecified atom stereocenters. The topological polar surface area (TPSA) is 21.7 Å². The third-order valence-electron chi connectivity index (χ3n) is 4.41. The molecule has 0 bridgehead atoms. The van der Waals surface area contributed by atoms with Crippen LogP contribution in [-0.4, -0.2) is 32.7 Å². The summed E-state index contributed by atoms with van der Waals surface area (Å²) in [5.74, 6) is 1.59. The van der Waals surface area contributed by atoms with Crippen molar-refractivity contribution in [2.24, 2.45) is 0 Å². The Labute approximate surface area is 148 Å². The molecule has 0 fully saturated rings. The van der Waals surface area contributed by atoms with Gasteiger partial charge in [-0.25, -0.2) is 0 Å². The van der Waals surface area contributed by atoms with Crippen LogP contribution in [0.2, 0.25) is 0 Å². The molecule has 0 aliphatic carbocycles. The van der Waals surface area contributed by atoms with Gasteiger partial charge in [0.15, 0.2) is 11.5 Å². The number of halogens is 1. The summed E-state index contributed by atoms with van der Waals surface area (Å²) in [5, 5.41) is 0. The molecule has 2 aromatic rings. The second-order valence-corrected chi connectivity index (χ2v) is 7.17. The monoisotopic (exact) mass is 353 g/mol. The number of aryl methyl sites for hydroxylation is 1. The highest BCUT2D eigenvalue weighted by Crippen LogP contribution is 2.38. The van der Waals surface area contributed by atoms with E-state index in [-0.39, 0.29) is 12.4 Å². The van der Waals surface area contributed by atoms with E-state index in [1.54, 1.807) is 14.2 Å². The number of hydrogen-bond donors (Lipinski definition) is 0. The maximum Gasteiger partial charge on any atom is 0.160 e. The highest BCUT2D eigenvalue weighted by Gasteiger charge is 2.27. The van der Waals surface area contributed by atoms with Crippen LogP contribution in [0.15, 0.2) is 24.3 Å². The van der Waals surface area contributed by atoms with Gasteiger partial charge in [-0.3, -0.25) is 4.90 Å². The average molecular weight is 354 g/mol. The fourth-order valence-electron chi connectivity index (χ4n) is 3.19. The molecule has 1 atom stereocenters. The van der Waals surface area contributed by atoms with E-state index in [0.717, 1.165) is 24.5 Å². The van der Waals surface area contributed by atoms with Crippen molar-refractivity contribution in [3.05, 3.63) is 45.1 Å². The lowest BCUT2D eigenvalue weighted by Crippen LogP contribution is -2.32. The molecule has 0 saturated heterocycles. The van der Waals surface area contributed by atoms with E-state index in [1.165, 1.54) is 27.3 Å². The zero-order chi connectivity index (χ0) is 15.7. The molecule has 3 nitrogen and oxygen atoms in total. The van der Waals surface area contributed by atoms with Crippen LogP contribution in [0, 0.1) is 6.92 Å². The SMILES string of the molecule is COc1ccc(CC2c3sc(C)cc3CCN2C)cc1OC.Cl. The van der Waals surface area contributed by atoms with Crippen molar-refractivity contribution in [1.29, 1.82) is 0 Å². The Hall–Kier alpha value is -1.23. The molecule has 3 rings (SSSR count). The lowest BCUT2D eigenvalue weighted by atomic mass is 9.96. The quantitative estimate of drug-likeness (QED) is 0.819. The Morgan fingerprint density at radius 2 is 1.91 bits per heavy atom. The first-order valence-electron chi connectivity index (χ1n) is 7.62. The lowest BCUT2D eigenvalue weighted by Gasteiger charge is -2.32. The summed E-state index contributed by atoms with van der Waals surface area (Å²) in [6.45, 7) is 3.33. The molecule has 126 valence electrons. The number of thiophene rings is 1. The summed E-state index contributed by atoms with van der Waals surface area (Å²) >= 11 is 1.94. The van der Waals surface area contributed by atoms with Crippen LogP contribution in [0.1, 0.15) is 26.9 Å². The maximum atomic E-state index is 5.43. The van der Waals surface area contributed by atoms with Gasteiger partial charge >= 0.3 is 0 Å². The molecule has 0 saturated carbocycles. The average Bonchev–Trinajstić information content (AvgIpc) is 2.90. The third kappa shape index (κ3) is 3.65. The van der Waals surface area contributed by atoms with Crippen LogP contribution in [0.25, 0.3) is 0 Å². The van der Waals surface area contributed by atoms with Crippen molar-refractivity contribution < 1.29 is 9.47 Å². The van der Waals surface area contributed by atoms with Crippen LogP contribution < -0.4 is 9.47 Å². The molecule has 2 heterocycles. The van der Waals surface area contributed by atoms with Gasteiger partial charge in [-0.15, -0.1) is 23.7 Å². The Morgan fingerprint density at radius 1 is 1.17 bits per heavy atom. The number of nitrogens with zero attached hydrogens (tertiary/aromatic N) is 1. The predicted octanol–water partition coefficient (Wildman–Crippen LogP) is 4.27. The first-order valence-corrected chi connectivity index (χ1v) is 8.44. The van der Waals surface area contributed by atoms with E-state index >= 15 is 0 Å². The molecule has 0 amide bonds. The fraction of sp³-hybridized carbons (Fsp3) is 0.444. The van der Waals surface area contributed by atoms with Gasteiger partial charge in [0.2, 0.25) is 0 Å². The highest BCUT2D eigenvalue weighted by atomic mass is 35.5. The number of hydrogen-bond acceptors (Lipinski definition) is 4. The zero-order valence-corrected chi connectivity index (χ0v) is 15.7. The second-order valence-electron chi connectivity index (χ2n) is 5.89. The van der Waals surface area contributed by atoms with Crippen LogP contribution in [0.3, 0.4) is 0 Å². The molecule has 0 spiro atoms. The number of ether oxygens (including phenoxy) is 2. The van der Waals surface area contributed by atoms with Crippen LogP contribution in [0.5, 0.6) is 11.5 Å². The molecule has 1 aromatic heterocycles. The van der Waals surface area contributed by atoms with Crippen molar-refractivity contribution in [2.45, 2.75) is 25.8 Å². The first-order chi connectivity index (χ1) is 10.6. The van der Waals surface area contributed by atoms with Gasteiger partial charge in [0.05, 0.1) is 14.2 Å². The van der Waals surface area contributed by atoms with Gasteiger partial charge < -0.3 is 9.47 Å². The highest BCUT2D eigenvalue weighted by molar-refractivity contribution is 7.12. The fourth-order valence-corrected chi connectivity index (χ4v) is 4.43. The molecule has 5 heteroatoms. The number of rotatable bonds is 4. The first kappa shape index (κ1) is 18.1. The zero-order valence-electron chi connectivity index (χ0n) is 14.1. The van der Waals surface area contributed by atoms with Crippen molar-refractivity contribution in [1.82, 2.24) is 4.90 Å². The van der Waals surface area contributed by atoms with Gasteiger partial charge in [-0.2, -0.15) is 0 Å². The predicted molar refractivity (Wildman–Crippen MR) is 98.6 cm³/mol. The van der Waals surface area contributed by atoms with E-state index in [4.69, 9.17) is 9.47 Å². The minimum Gasteiger partial charge on any atom is -0.493 e. The number of fused-ring (bicyclic) bond motifs is 1. The summed E-state index contributed by atoms with van der Waals surface area (Å²) in [6, 6.07) is 9.05. The minimum absolute atomic E-state index is 0. The molecule has 1 aromatic carbocycles. The van der Waals surface area contributed by atoms with Crippen LogP contribution in [-0.2, 0) is 12.8 Å². The van der Waals surface area contributed by atoms with Gasteiger partial charge in [0.25, 0.3) is 0 Å². The van der Waals surface area contributed by atoms with E-state index in [1.807, 2.05) is 17.4 Å². The number of methoxy groups -OCH3 is 2. The van der Waals surface area contributed by atoms with Gasteiger partial charge in [-0.1, -0.05) is 6.07 Å². The third-order valence-corrected chi connectivity index (χ3v) is 5.60. The summed E-state index contributed by atoms with van der Waals surface area (Å²) in [6.07, 6.45) is 2.17. The van der Waals surface area contributed by atoms with Crippen LogP contribution in [0.4, 0.5) is 0 Å². The van der Waals surface area contributed by atoms with Crippen molar-refractivity contribution in [3.63, 3.8) is 0 Å². The Kier molecular flexibility index (Phi) is 5.95. The Balaban J connectivity index is 0.00000192. The minimum atomic E-state index is 0. The molecular formula is C18H24ClNO2S.